The van der Waals surface area contributed by atoms with Crippen LogP contribution in [0.15, 0.2) is 47.4 Å². The summed E-state index contributed by atoms with van der Waals surface area (Å²) < 4.78 is 30.5. The molecule has 0 spiro atoms. The molecule has 6 nitrogen and oxygen atoms in total. The molecule has 1 atom stereocenters. The molecular formula is C23H23AsN3O3S. The molecule has 0 N–H and O–H groups in total. The van der Waals surface area contributed by atoms with Crippen molar-refractivity contribution >= 4 is 40.8 Å². The van der Waals surface area contributed by atoms with Gasteiger partial charge >= 0.3 is 190 Å². The fourth-order valence-electron chi connectivity index (χ4n) is 3.88. The van der Waals surface area contributed by atoms with Crippen LogP contribution in [-0.4, -0.2) is 53.8 Å². The number of rotatable bonds is 5. The summed E-state index contributed by atoms with van der Waals surface area (Å²) >= 11 is -0.244. The molecule has 1 fully saturated rings. The average Bonchev–Trinajstić information content (AvgIpc) is 2.79. The molecule has 0 saturated carbocycles. The Kier molecular flexibility index (Phi) is 6.43. The van der Waals surface area contributed by atoms with Crippen molar-refractivity contribution in [2.45, 2.75) is 29.4 Å². The van der Waals surface area contributed by atoms with Crippen molar-refractivity contribution in [2.24, 2.45) is 5.92 Å². The van der Waals surface area contributed by atoms with E-state index in [2.05, 4.69) is 23.2 Å². The van der Waals surface area contributed by atoms with Crippen LogP contribution in [-0.2, 0) is 14.6 Å². The number of hydrogen-bond donors (Lipinski definition) is 0. The molecule has 2 aromatic carbocycles. The third-order valence-electron chi connectivity index (χ3n) is 5.74. The van der Waals surface area contributed by atoms with Crippen LogP contribution < -0.4 is 4.35 Å². The van der Waals surface area contributed by atoms with Crippen molar-refractivity contribution in [3.8, 4) is 17.2 Å². The zero-order chi connectivity index (χ0) is 22.0. The molecule has 0 amide bonds. The van der Waals surface area contributed by atoms with Crippen molar-refractivity contribution in [1.29, 1.82) is 5.26 Å². The van der Waals surface area contributed by atoms with Crippen LogP contribution in [0.2, 0.25) is 4.71 Å². The monoisotopic (exact) mass is 496 g/mol. The minimum atomic E-state index is -3.23. The van der Waals surface area contributed by atoms with E-state index in [0.717, 1.165) is 52.4 Å². The van der Waals surface area contributed by atoms with Gasteiger partial charge in [-0.1, -0.05) is 0 Å². The molecule has 1 aliphatic heterocycles. The van der Waals surface area contributed by atoms with Crippen LogP contribution in [0.3, 0.4) is 0 Å². The Labute approximate surface area is 189 Å². The Morgan fingerprint density at radius 1 is 1.10 bits per heavy atom. The van der Waals surface area contributed by atoms with Gasteiger partial charge in [0.1, 0.15) is 0 Å². The first kappa shape index (κ1) is 22.0. The summed E-state index contributed by atoms with van der Waals surface area (Å²) in [5.74, 6) is 0.621. The molecule has 0 unspecified atom stereocenters. The molecule has 1 aliphatic rings. The van der Waals surface area contributed by atoms with Crippen LogP contribution in [0.1, 0.15) is 25.5 Å². The van der Waals surface area contributed by atoms with E-state index < -0.39 is 9.84 Å². The zero-order valence-corrected chi connectivity index (χ0v) is 20.1. The van der Waals surface area contributed by atoms with Crippen LogP contribution in [0.4, 0.5) is 0 Å². The fraction of sp³-hybridized carbons (Fsp3) is 0.348. The molecule has 1 aromatic heterocycles. The quantitative estimate of drug-likeness (QED) is 0.504. The van der Waals surface area contributed by atoms with Gasteiger partial charge in [-0.25, -0.2) is 0 Å². The maximum absolute atomic E-state index is 11.7. The number of fused-ring (bicyclic) bond motifs is 1. The first-order valence-corrected chi connectivity index (χ1v) is 14.1. The molecule has 159 valence electrons. The van der Waals surface area contributed by atoms with Crippen molar-refractivity contribution in [3.05, 3.63) is 48.2 Å². The molecule has 0 bridgehead atoms. The van der Waals surface area contributed by atoms with Gasteiger partial charge in [-0.2, -0.15) is 0 Å². The Balaban J connectivity index is 1.68. The normalized spacial score (nSPS) is 16.5. The van der Waals surface area contributed by atoms with Crippen LogP contribution in [0, 0.1) is 17.2 Å². The first-order chi connectivity index (χ1) is 14.9. The van der Waals surface area contributed by atoms with E-state index in [-0.39, 0.29) is 15.8 Å². The minimum absolute atomic E-state index is 0.244. The summed E-state index contributed by atoms with van der Waals surface area (Å²) in [4.78, 5) is 0.295. The Morgan fingerprint density at radius 3 is 2.42 bits per heavy atom. The zero-order valence-electron chi connectivity index (χ0n) is 17.4. The summed E-state index contributed by atoms with van der Waals surface area (Å²) in [7, 11) is -3.23. The predicted molar refractivity (Wildman–Crippen MR) is 121 cm³/mol. The second-order valence-electron chi connectivity index (χ2n) is 7.86. The third kappa shape index (κ3) is 4.82. The standard InChI is InChI=1S/C23H23AsN3O3S/c1-15(16-9-11-30-12-10-16)24-23-20-8-5-18(13-21(20)26-27-22(23)14-25)17-3-6-19(7-4-17)31(2,28)29/h3-8,13,15-16H,9-12H2,1-2H3/t15-/m1/s1. The van der Waals surface area contributed by atoms with Crippen molar-refractivity contribution in [3.63, 3.8) is 0 Å². The van der Waals surface area contributed by atoms with E-state index >= 15 is 0 Å². The molecule has 8 heteroatoms. The van der Waals surface area contributed by atoms with Gasteiger partial charge < -0.3 is 0 Å². The number of nitriles is 1. The summed E-state index contributed by atoms with van der Waals surface area (Å²) in [6.07, 6.45) is 3.34. The van der Waals surface area contributed by atoms with Gasteiger partial charge in [0, 0.05) is 0 Å². The van der Waals surface area contributed by atoms with Crippen LogP contribution >= 0.6 is 0 Å². The van der Waals surface area contributed by atoms with Gasteiger partial charge in [-0.3, -0.25) is 0 Å². The Hall–Kier alpha value is -2.26. The molecule has 1 radical (unpaired) electrons. The van der Waals surface area contributed by atoms with Crippen molar-refractivity contribution in [2.75, 3.05) is 19.5 Å². The number of nitrogens with zero attached hydrogens (tertiary/aromatic N) is 3. The molecule has 4 rings (SSSR count). The van der Waals surface area contributed by atoms with Crippen LogP contribution in [0.5, 0.6) is 0 Å². The van der Waals surface area contributed by atoms with E-state index in [1.54, 1.807) is 24.3 Å². The Bertz CT molecular complexity index is 1250. The average molecular weight is 496 g/mol. The number of benzene rings is 2. The number of hydrogen-bond acceptors (Lipinski definition) is 6. The number of aromatic nitrogens is 2. The van der Waals surface area contributed by atoms with Gasteiger partial charge in [0.25, 0.3) is 0 Å². The molecule has 0 aliphatic carbocycles. The van der Waals surface area contributed by atoms with Crippen LogP contribution in [0.25, 0.3) is 22.0 Å². The third-order valence-corrected chi connectivity index (χ3v) is 10.1. The number of ether oxygens (including phenoxy) is 1. The number of sulfone groups is 1. The van der Waals surface area contributed by atoms with Gasteiger partial charge in [-0.05, 0) is 0 Å². The Morgan fingerprint density at radius 2 is 1.77 bits per heavy atom. The topological polar surface area (TPSA) is 92.9 Å². The molecule has 2 heterocycles. The predicted octanol–water partition coefficient (Wildman–Crippen LogP) is 3.14. The van der Waals surface area contributed by atoms with Gasteiger partial charge in [-0.15, -0.1) is 0 Å². The van der Waals surface area contributed by atoms with E-state index in [9.17, 15) is 13.7 Å². The van der Waals surface area contributed by atoms with Gasteiger partial charge in [0.05, 0.1) is 0 Å². The van der Waals surface area contributed by atoms with Crippen molar-refractivity contribution in [1.82, 2.24) is 10.2 Å². The summed E-state index contributed by atoms with van der Waals surface area (Å²) in [6, 6.07) is 15.0. The summed E-state index contributed by atoms with van der Waals surface area (Å²) in [5.41, 5.74) is 3.03. The molecule has 3 aromatic rings. The van der Waals surface area contributed by atoms with E-state index in [4.69, 9.17) is 4.74 Å². The fourth-order valence-corrected chi connectivity index (χ4v) is 7.58. The molecular weight excluding hydrogens is 473 g/mol. The SMILES string of the molecule is C[C@@H]([As]c1c(C#N)nnc2cc(-c3ccc(S(C)(=O)=O)cc3)ccc12)C1CCOCC1. The molecule has 31 heavy (non-hydrogen) atoms. The van der Waals surface area contributed by atoms with Crippen molar-refractivity contribution < 1.29 is 13.2 Å². The van der Waals surface area contributed by atoms with Gasteiger partial charge in [0.15, 0.2) is 0 Å². The molecule has 1 saturated heterocycles. The second kappa shape index (κ2) is 9.08. The summed E-state index contributed by atoms with van der Waals surface area (Å²) in [5, 5.41) is 19.1. The van der Waals surface area contributed by atoms with E-state index in [0.29, 0.717) is 21.2 Å². The summed E-state index contributed by atoms with van der Waals surface area (Å²) in [6.45, 7) is 3.91. The maximum atomic E-state index is 11.7. The first-order valence-electron chi connectivity index (χ1n) is 10.2. The van der Waals surface area contributed by atoms with E-state index in [1.807, 2.05) is 18.2 Å². The van der Waals surface area contributed by atoms with E-state index in [1.165, 1.54) is 6.26 Å². The second-order valence-corrected chi connectivity index (χ2v) is 13.1. The van der Waals surface area contributed by atoms with Gasteiger partial charge in [0.2, 0.25) is 0 Å².